The van der Waals surface area contributed by atoms with Gasteiger partial charge in [-0.2, -0.15) is 0 Å². The molecular formula is C12H13BrN4OS. The van der Waals surface area contributed by atoms with Crippen LogP contribution in [-0.4, -0.2) is 22.4 Å². The van der Waals surface area contributed by atoms with Gasteiger partial charge in [-0.3, -0.25) is 15.1 Å². The average molecular weight is 341 g/mol. The molecule has 100 valence electrons. The highest BCUT2D eigenvalue weighted by Gasteiger charge is 2.13. The van der Waals surface area contributed by atoms with E-state index in [1.807, 2.05) is 19.9 Å². The van der Waals surface area contributed by atoms with Crippen LogP contribution in [0, 0.1) is 6.92 Å². The molecule has 0 aliphatic rings. The maximum atomic E-state index is 12.2. The van der Waals surface area contributed by atoms with Gasteiger partial charge < -0.3 is 5.32 Å². The fraction of sp³-hybridized carbons (Fsp3) is 0.250. The highest BCUT2D eigenvalue weighted by molar-refractivity contribution is 9.11. The monoisotopic (exact) mass is 340 g/mol. The van der Waals surface area contributed by atoms with Crippen molar-refractivity contribution >= 4 is 44.0 Å². The minimum Gasteiger partial charge on any atom is -0.385 e. The number of hydrogen-bond acceptors (Lipinski definition) is 5. The summed E-state index contributed by atoms with van der Waals surface area (Å²) in [7, 11) is 0. The number of halogens is 1. The van der Waals surface area contributed by atoms with Gasteiger partial charge >= 0.3 is 0 Å². The van der Waals surface area contributed by atoms with E-state index in [1.165, 1.54) is 11.3 Å². The van der Waals surface area contributed by atoms with Crippen LogP contribution in [0.5, 0.6) is 0 Å². The highest BCUT2D eigenvalue weighted by atomic mass is 79.9. The van der Waals surface area contributed by atoms with Crippen molar-refractivity contribution in [3.8, 4) is 0 Å². The Morgan fingerprint density at radius 1 is 1.42 bits per heavy atom. The molecule has 0 radical (unpaired) electrons. The molecule has 0 saturated heterocycles. The molecule has 0 aliphatic heterocycles. The minimum atomic E-state index is -0.217. The fourth-order valence-corrected chi connectivity index (χ4v) is 2.66. The summed E-state index contributed by atoms with van der Waals surface area (Å²) < 4.78 is 0.872. The van der Waals surface area contributed by atoms with Crippen LogP contribution < -0.4 is 10.6 Å². The largest absolute Gasteiger partial charge is 0.385 e. The molecule has 2 N–H and O–H groups in total. The number of carbonyl (C=O) groups excluding carboxylic acids is 1. The van der Waals surface area contributed by atoms with Crippen LogP contribution in [0.1, 0.15) is 23.0 Å². The first-order chi connectivity index (χ1) is 9.10. The molecule has 19 heavy (non-hydrogen) atoms. The number of hydrogen-bond donors (Lipinski definition) is 2. The maximum absolute atomic E-state index is 12.2. The Morgan fingerprint density at radius 2 is 2.21 bits per heavy atom. The zero-order chi connectivity index (χ0) is 13.8. The Bertz CT molecular complexity index is 599. The van der Waals surface area contributed by atoms with Crippen LogP contribution >= 0.6 is 27.3 Å². The van der Waals surface area contributed by atoms with Gasteiger partial charge in [-0.15, -0.1) is 0 Å². The van der Waals surface area contributed by atoms with E-state index in [2.05, 4.69) is 36.5 Å². The molecule has 2 heterocycles. The Balaban J connectivity index is 2.23. The lowest BCUT2D eigenvalue weighted by atomic mass is 10.2. The first-order valence-electron chi connectivity index (χ1n) is 5.73. The van der Waals surface area contributed by atoms with Gasteiger partial charge in [0.15, 0.2) is 5.13 Å². The summed E-state index contributed by atoms with van der Waals surface area (Å²) in [5.74, 6) is -0.217. The number of anilines is 2. The number of aryl methyl sites for hydroxylation is 1. The molecule has 0 unspecified atom stereocenters. The van der Waals surface area contributed by atoms with Crippen LogP contribution in [0.4, 0.5) is 10.8 Å². The van der Waals surface area contributed by atoms with Crippen molar-refractivity contribution < 1.29 is 4.79 Å². The van der Waals surface area contributed by atoms with E-state index in [4.69, 9.17) is 0 Å². The molecule has 2 rings (SSSR count). The third-order valence-corrected chi connectivity index (χ3v) is 3.74. The number of pyridine rings is 1. The number of aromatic nitrogens is 2. The highest BCUT2D eigenvalue weighted by Crippen LogP contribution is 2.24. The second kappa shape index (κ2) is 6.12. The molecule has 5 nitrogen and oxygen atoms in total. The van der Waals surface area contributed by atoms with Crippen molar-refractivity contribution in [1.29, 1.82) is 0 Å². The minimum absolute atomic E-state index is 0.217. The Labute approximate surface area is 123 Å². The molecule has 0 aromatic carbocycles. The van der Waals surface area contributed by atoms with E-state index in [-0.39, 0.29) is 5.91 Å². The van der Waals surface area contributed by atoms with Gasteiger partial charge in [0.1, 0.15) is 0 Å². The predicted octanol–water partition coefficient (Wildman–Crippen LogP) is 3.29. The molecular weight excluding hydrogens is 328 g/mol. The van der Waals surface area contributed by atoms with Gasteiger partial charge in [0.05, 0.1) is 21.2 Å². The van der Waals surface area contributed by atoms with Crippen molar-refractivity contribution in [1.82, 2.24) is 9.97 Å². The molecule has 0 bridgehead atoms. The Morgan fingerprint density at radius 3 is 2.84 bits per heavy atom. The molecule has 1 amide bonds. The zero-order valence-corrected chi connectivity index (χ0v) is 12.9. The van der Waals surface area contributed by atoms with Crippen molar-refractivity contribution in [2.45, 2.75) is 13.8 Å². The van der Waals surface area contributed by atoms with Crippen LogP contribution in [0.25, 0.3) is 0 Å². The van der Waals surface area contributed by atoms with E-state index in [0.29, 0.717) is 10.7 Å². The Kier molecular flexibility index (Phi) is 4.49. The van der Waals surface area contributed by atoms with Crippen LogP contribution in [0.15, 0.2) is 22.2 Å². The number of rotatable bonds is 4. The van der Waals surface area contributed by atoms with Gasteiger partial charge in [-0.05, 0) is 35.8 Å². The SMILES string of the molecule is CCNc1cc(C)ncc1C(=O)Nc1ncc(Br)s1. The van der Waals surface area contributed by atoms with E-state index < -0.39 is 0 Å². The lowest BCUT2D eigenvalue weighted by Gasteiger charge is -2.10. The van der Waals surface area contributed by atoms with Gasteiger partial charge in [-0.1, -0.05) is 11.3 Å². The quantitative estimate of drug-likeness (QED) is 0.896. The first-order valence-corrected chi connectivity index (χ1v) is 7.34. The van der Waals surface area contributed by atoms with Crippen LogP contribution in [0.2, 0.25) is 0 Å². The van der Waals surface area contributed by atoms with E-state index in [0.717, 1.165) is 21.7 Å². The summed E-state index contributed by atoms with van der Waals surface area (Å²) in [6, 6.07) is 1.86. The number of nitrogens with zero attached hydrogens (tertiary/aromatic N) is 2. The molecule has 0 fully saturated rings. The fourth-order valence-electron chi connectivity index (χ4n) is 1.55. The zero-order valence-electron chi connectivity index (χ0n) is 10.5. The van der Waals surface area contributed by atoms with E-state index >= 15 is 0 Å². The lowest BCUT2D eigenvalue weighted by Crippen LogP contribution is -2.15. The smallest absolute Gasteiger partial charge is 0.261 e. The average Bonchev–Trinajstić information content (AvgIpc) is 2.75. The second-order valence-electron chi connectivity index (χ2n) is 3.83. The topological polar surface area (TPSA) is 66.9 Å². The molecule has 2 aromatic rings. The summed E-state index contributed by atoms with van der Waals surface area (Å²) in [5.41, 5.74) is 2.16. The summed E-state index contributed by atoms with van der Waals surface area (Å²) >= 11 is 4.67. The molecule has 0 spiro atoms. The van der Waals surface area contributed by atoms with Crippen LogP contribution in [0.3, 0.4) is 0 Å². The molecule has 0 saturated carbocycles. The first kappa shape index (κ1) is 14.0. The van der Waals surface area contributed by atoms with Crippen molar-refractivity contribution in [3.63, 3.8) is 0 Å². The normalized spacial score (nSPS) is 10.3. The molecule has 0 aliphatic carbocycles. The van der Waals surface area contributed by atoms with E-state index in [9.17, 15) is 4.79 Å². The summed E-state index contributed by atoms with van der Waals surface area (Å²) in [5, 5.41) is 6.47. The van der Waals surface area contributed by atoms with E-state index in [1.54, 1.807) is 12.4 Å². The number of thiazole rings is 1. The Hall–Kier alpha value is -1.47. The standard InChI is InChI=1S/C12H13BrN4OS/c1-3-14-9-4-7(2)15-5-8(9)11(18)17-12-16-6-10(13)19-12/h4-6H,3H2,1-2H3,(H,14,15)(H,16,17,18). The maximum Gasteiger partial charge on any atom is 0.261 e. The van der Waals surface area contributed by atoms with Gasteiger partial charge in [0, 0.05) is 18.4 Å². The number of nitrogens with one attached hydrogen (secondary N) is 2. The number of carbonyl (C=O) groups is 1. The third kappa shape index (κ3) is 3.51. The second-order valence-corrected chi connectivity index (χ2v) is 6.24. The van der Waals surface area contributed by atoms with Crippen molar-refractivity contribution in [3.05, 3.63) is 33.5 Å². The van der Waals surface area contributed by atoms with Gasteiger partial charge in [0.2, 0.25) is 0 Å². The lowest BCUT2D eigenvalue weighted by molar-refractivity contribution is 0.102. The molecule has 7 heteroatoms. The van der Waals surface area contributed by atoms with Gasteiger partial charge in [-0.25, -0.2) is 4.98 Å². The van der Waals surface area contributed by atoms with Crippen molar-refractivity contribution in [2.24, 2.45) is 0 Å². The number of amides is 1. The third-order valence-electron chi connectivity index (χ3n) is 2.35. The van der Waals surface area contributed by atoms with Crippen molar-refractivity contribution in [2.75, 3.05) is 17.2 Å². The van der Waals surface area contributed by atoms with Gasteiger partial charge in [0.25, 0.3) is 5.91 Å². The molecule has 2 aromatic heterocycles. The predicted molar refractivity (Wildman–Crippen MR) is 80.9 cm³/mol. The van der Waals surface area contributed by atoms with Crippen LogP contribution in [-0.2, 0) is 0 Å². The summed E-state index contributed by atoms with van der Waals surface area (Å²) in [6.45, 7) is 4.61. The summed E-state index contributed by atoms with van der Waals surface area (Å²) in [4.78, 5) is 20.4. The molecule has 0 atom stereocenters. The summed E-state index contributed by atoms with van der Waals surface area (Å²) in [6.07, 6.45) is 3.23.